The summed E-state index contributed by atoms with van der Waals surface area (Å²) in [5.41, 5.74) is 0.767. The van der Waals surface area contributed by atoms with Crippen molar-refractivity contribution in [2.45, 2.75) is 25.8 Å². The van der Waals surface area contributed by atoms with Crippen LogP contribution in [0.15, 0.2) is 24.3 Å². The second kappa shape index (κ2) is 8.22. The predicted molar refractivity (Wildman–Crippen MR) is 91.3 cm³/mol. The molecule has 1 aliphatic rings. The van der Waals surface area contributed by atoms with Gasteiger partial charge >= 0.3 is 5.97 Å². The van der Waals surface area contributed by atoms with Gasteiger partial charge in [0.15, 0.2) is 0 Å². The molecule has 0 saturated carbocycles. The third kappa shape index (κ3) is 4.16. The Bertz CT molecular complexity index is 782. The second-order valence-electron chi connectivity index (χ2n) is 6.13. The Kier molecular flexibility index (Phi) is 6.25. The number of nitrogens with zero attached hydrogens (tertiary/aromatic N) is 5. The van der Waals surface area contributed by atoms with Gasteiger partial charge in [-0.1, -0.05) is 12.1 Å². The van der Waals surface area contributed by atoms with Gasteiger partial charge in [-0.05, 0) is 41.5 Å². The molecule has 2 unspecified atom stereocenters. The highest BCUT2D eigenvalue weighted by Crippen LogP contribution is 2.23. The zero-order valence-electron chi connectivity index (χ0n) is 14.1. The molecule has 0 radical (unpaired) electrons. The van der Waals surface area contributed by atoms with Gasteiger partial charge in [0.05, 0.1) is 5.92 Å². The molecule has 10 heteroatoms. The summed E-state index contributed by atoms with van der Waals surface area (Å²) in [5.74, 6) is -1.55. The number of carbonyl (C=O) groups is 2. The van der Waals surface area contributed by atoms with Crippen LogP contribution in [0.1, 0.15) is 23.9 Å². The summed E-state index contributed by atoms with van der Waals surface area (Å²) >= 11 is 0. The molecule has 3 rings (SSSR count). The van der Waals surface area contributed by atoms with Gasteiger partial charge in [-0.2, -0.15) is 0 Å². The lowest BCUT2D eigenvalue weighted by Gasteiger charge is -2.23. The third-order valence-corrected chi connectivity index (χ3v) is 4.43. The fraction of sp³-hybridized carbons (Fsp3) is 0.438. The molecule has 1 aromatic carbocycles. The molecule has 1 saturated heterocycles. The van der Waals surface area contributed by atoms with Crippen molar-refractivity contribution in [3.8, 4) is 0 Å². The third-order valence-electron chi connectivity index (χ3n) is 4.43. The van der Waals surface area contributed by atoms with Crippen LogP contribution in [-0.4, -0.2) is 55.2 Å². The van der Waals surface area contributed by atoms with E-state index in [0.29, 0.717) is 25.2 Å². The van der Waals surface area contributed by atoms with Crippen LogP contribution < -0.4 is 0 Å². The maximum Gasteiger partial charge on any atom is 0.308 e. The van der Waals surface area contributed by atoms with Crippen LogP contribution in [0.5, 0.6) is 0 Å². The molecule has 0 spiro atoms. The summed E-state index contributed by atoms with van der Waals surface area (Å²) < 4.78 is 14.5. The van der Waals surface area contributed by atoms with E-state index in [-0.39, 0.29) is 30.7 Å². The fourth-order valence-electron chi connectivity index (χ4n) is 3.02. The van der Waals surface area contributed by atoms with Gasteiger partial charge in [0.25, 0.3) is 0 Å². The first kappa shape index (κ1) is 19.8. The average molecular weight is 384 g/mol. The molecule has 1 N–H and O–H groups in total. The topological polar surface area (TPSA) is 101 Å². The molecular formula is C16H19ClFN5O3. The van der Waals surface area contributed by atoms with E-state index in [1.54, 1.807) is 19.1 Å². The number of carboxylic acids is 1. The summed E-state index contributed by atoms with van der Waals surface area (Å²) in [6.45, 7) is 2.25. The van der Waals surface area contributed by atoms with Crippen LogP contribution in [0.3, 0.4) is 0 Å². The van der Waals surface area contributed by atoms with Gasteiger partial charge in [-0.25, -0.2) is 9.07 Å². The lowest BCUT2D eigenvalue weighted by molar-refractivity contribution is -0.141. The summed E-state index contributed by atoms with van der Waals surface area (Å²) in [4.78, 5) is 25.6. The van der Waals surface area contributed by atoms with E-state index in [0.717, 1.165) is 5.56 Å². The normalized spacial score (nSPS) is 17.6. The largest absolute Gasteiger partial charge is 0.481 e. The number of tetrazole rings is 1. The van der Waals surface area contributed by atoms with Gasteiger partial charge in [0.1, 0.15) is 17.7 Å². The molecule has 2 atom stereocenters. The molecule has 1 aliphatic heterocycles. The number of amides is 1. The number of aromatic nitrogens is 4. The summed E-state index contributed by atoms with van der Waals surface area (Å²) in [5, 5.41) is 20.4. The van der Waals surface area contributed by atoms with E-state index in [4.69, 9.17) is 5.11 Å². The molecule has 1 aromatic heterocycles. The summed E-state index contributed by atoms with van der Waals surface area (Å²) in [6.07, 6.45) is 0.720. The SMILES string of the molecule is Cc1nnnn1C(Cc1ccc(F)cc1)C(=O)N1CCC(C(=O)O)C1.Cl. The molecule has 1 amide bonds. The quantitative estimate of drug-likeness (QED) is 0.834. The Morgan fingerprint density at radius 1 is 1.35 bits per heavy atom. The van der Waals surface area contributed by atoms with E-state index in [1.165, 1.54) is 21.7 Å². The monoisotopic (exact) mass is 383 g/mol. The maximum atomic E-state index is 13.1. The van der Waals surface area contributed by atoms with Crippen molar-refractivity contribution < 1.29 is 19.1 Å². The number of carboxylic acid groups (broad SMARTS) is 1. The first-order valence-corrected chi connectivity index (χ1v) is 7.96. The van der Waals surface area contributed by atoms with E-state index >= 15 is 0 Å². The van der Waals surface area contributed by atoms with Gasteiger partial charge in [0, 0.05) is 19.5 Å². The van der Waals surface area contributed by atoms with Crippen molar-refractivity contribution in [2.75, 3.05) is 13.1 Å². The average Bonchev–Trinajstić information content (AvgIpc) is 3.23. The van der Waals surface area contributed by atoms with Crippen LogP contribution in [0.2, 0.25) is 0 Å². The van der Waals surface area contributed by atoms with Crippen molar-refractivity contribution in [2.24, 2.45) is 5.92 Å². The van der Waals surface area contributed by atoms with Crippen molar-refractivity contribution in [1.82, 2.24) is 25.1 Å². The number of hydrogen-bond acceptors (Lipinski definition) is 5. The van der Waals surface area contributed by atoms with Gasteiger partial charge in [-0.3, -0.25) is 9.59 Å². The van der Waals surface area contributed by atoms with Crippen molar-refractivity contribution in [3.63, 3.8) is 0 Å². The molecule has 1 fully saturated rings. The molecule has 0 aliphatic carbocycles. The van der Waals surface area contributed by atoms with Crippen molar-refractivity contribution in [1.29, 1.82) is 0 Å². The molecule has 0 bridgehead atoms. The lowest BCUT2D eigenvalue weighted by Crippen LogP contribution is -2.38. The molecule has 2 aromatic rings. The second-order valence-corrected chi connectivity index (χ2v) is 6.13. The molecule has 140 valence electrons. The first-order chi connectivity index (χ1) is 12.0. The van der Waals surface area contributed by atoms with Crippen molar-refractivity contribution >= 4 is 24.3 Å². The van der Waals surface area contributed by atoms with Gasteiger partial charge in [-0.15, -0.1) is 17.5 Å². The molecular weight excluding hydrogens is 365 g/mol. The maximum absolute atomic E-state index is 13.1. The molecule has 2 heterocycles. The number of aliphatic carboxylic acids is 1. The summed E-state index contributed by atoms with van der Waals surface area (Å²) in [6, 6.07) is 5.19. The van der Waals surface area contributed by atoms with Crippen LogP contribution in [0, 0.1) is 18.7 Å². The molecule has 8 nitrogen and oxygen atoms in total. The number of carbonyl (C=O) groups excluding carboxylic acids is 1. The number of benzene rings is 1. The zero-order chi connectivity index (χ0) is 18.0. The van der Waals surface area contributed by atoms with Gasteiger partial charge < -0.3 is 10.0 Å². The minimum Gasteiger partial charge on any atom is -0.481 e. The van der Waals surface area contributed by atoms with Crippen LogP contribution >= 0.6 is 12.4 Å². The van der Waals surface area contributed by atoms with Crippen LogP contribution in [-0.2, 0) is 16.0 Å². The highest BCUT2D eigenvalue weighted by Gasteiger charge is 2.35. The Morgan fingerprint density at radius 2 is 2.04 bits per heavy atom. The minimum atomic E-state index is -0.899. The highest BCUT2D eigenvalue weighted by atomic mass is 35.5. The summed E-state index contributed by atoms with van der Waals surface area (Å²) in [7, 11) is 0. The number of rotatable bonds is 5. The minimum absolute atomic E-state index is 0. The Balaban J connectivity index is 0.00000243. The number of halogens is 2. The van der Waals surface area contributed by atoms with E-state index in [2.05, 4.69) is 15.5 Å². The standard InChI is InChI=1S/C16H18FN5O3.ClH/c1-10-18-19-20-22(10)14(8-11-2-4-13(17)5-3-11)15(23)21-7-6-12(9-21)16(24)25;/h2-5,12,14H,6-9H2,1H3,(H,24,25);1H. The lowest BCUT2D eigenvalue weighted by atomic mass is 10.0. The smallest absolute Gasteiger partial charge is 0.308 e. The Labute approximate surface area is 155 Å². The van der Waals surface area contributed by atoms with E-state index in [9.17, 15) is 14.0 Å². The number of hydrogen-bond donors (Lipinski definition) is 1. The van der Waals surface area contributed by atoms with Crippen LogP contribution in [0.25, 0.3) is 0 Å². The fourth-order valence-corrected chi connectivity index (χ4v) is 3.02. The van der Waals surface area contributed by atoms with Crippen molar-refractivity contribution in [3.05, 3.63) is 41.5 Å². The zero-order valence-corrected chi connectivity index (χ0v) is 14.9. The number of likely N-dealkylation sites (tertiary alicyclic amines) is 1. The number of aryl methyl sites for hydroxylation is 1. The first-order valence-electron chi connectivity index (χ1n) is 7.96. The highest BCUT2D eigenvalue weighted by molar-refractivity contribution is 5.85. The van der Waals surface area contributed by atoms with E-state index in [1.807, 2.05) is 0 Å². The Hall–Kier alpha value is -2.55. The van der Waals surface area contributed by atoms with Crippen LogP contribution in [0.4, 0.5) is 4.39 Å². The predicted octanol–water partition coefficient (Wildman–Crippen LogP) is 1.26. The molecule has 26 heavy (non-hydrogen) atoms. The van der Waals surface area contributed by atoms with E-state index < -0.39 is 17.9 Å². The van der Waals surface area contributed by atoms with Gasteiger partial charge in [0.2, 0.25) is 5.91 Å². The Morgan fingerprint density at radius 3 is 2.58 bits per heavy atom.